The summed E-state index contributed by atoms with van der Waals surface area (Å²) >= 11 is 0.896. The molecule has 0 bridgehead atoms. The zero-order valence-electron chi connectivity index (χ0n) is 11.1. The monoisotopic (exact) mass is 329 g/mol. The number of aromatic nitrogens is 3. The van der Waals surface area contributed by atoms with Crippen molar-refractivity contribution in [2.24, 2.45) is 0 Å². The van der Waals surface area contributed by atoms with Gasteiger partial charge in [0.15, 0.2) is 11.8 Å². The molecule has 0 fully saturated rings. The summed E-state index contributed by atoms with van der Waals surface area (Å²) in [6.45, 7) is -1.60. The Morgan fingerprint density at radius 1 is 1.14 bits per heavy atom. The molecule has 0 aliphatic carbocycles. The van der Waals surface area contributed by atoms with Gasteiger partial charge in [-0.15, -0.1) is 0 Å². The van der Waals surface area contributed by atoms with Gasteiger partial charge in [-0.05, 0) is 18.2 Å². The second-order valence-corrected chi connectivity index (χ2v) is 4.95. The highest BCUT2D eigenvalue weighted by molar-refractivity contribution is 7.99. The number of pyridine rings is 1. The highest BCUT2D eigenvalue weighted by atomic mass is 32.2. The van der Waals surface area contributed by atoms with Crippen LogP contribution in [0.1, 0.15) is 0 Å². The summed E-state index contributed by atoms with van der Waals surface area (Å²) in [5, 5.41) is 0.257. The van der Waals surface area contributed by atoms with E-state index in [2.05, 4.69) is 19.7 Å². The number of carbonyl (C=O) groups is 1. The molecule has 0 saturated carbocycles. The van der Waals surface area contributed by atoms with Crippen LogP contribution < -0.4 is 0 Å². The molecule has 0 spiro atoms. The minimum Gasteiger partial charge on any atom is -0.455 e. The minimum absolute atomic E-state index is 0.257. The molecule has 0 unspecified atom stereocenters. The van der Waals surface area contributed by atoms with Crippen LogP contribution in [0.2, 0.25) is 0 Å². The molecule has 0 N–H and O–H groups in total. The number of hydrogen-bond acceptors (Lipinski definition) is 6. The van der Waals surface area contributed by atoms with Gasteiger partial charge in [0.1, 0.15) is 0 Å². The smallest absolute Gasteiger partial charge is 0.422 e. The zero-order valence-corrected chi connectivity index (χ0v) is 11.9. The first kappa shape index (κ1) is 16.2. The van der Waals surface area contributed by atoms with Crippen molar-refractivity contribution in [1.82, 2.24) is 15.0 Å². The van der Waals surface area contributed by atoms with E-state index in [1.807, 2.05) is 0 Å². The van der Waals surface area contributed by atoms with E-state index in [4.69, 9.17) is 0 Å². The van der Waals surface area contributed by atoms with Crippen LogP contribution in [0.25, 0.3) is 11.4 Å². The highest BCUT2D eigenvalue weighted by Crippen LogP contribution is 2.19. The molecular weight excluding hydrogens is 319 g/mol. The van der Waals surface area contributed by atoms with Crippen molar-refractivity contribution in [3.8, 4) is 11.4 Å². The Kier molecular flexibility index (Phi) is 5.31. The van der Waals surface area contributed by atoms with Crippen molar-refractivity contribution >= 4 is 17.7 Å². The largest absolute Gasteiger partial charge is 0.455 e. The molecule has 2 heterocycles. The molecule has 2 aromatic rings. The van der Waals surface area contributed by atoms with Crippen LogP contribution in [0, 0.1) is 0 Å². The first-order valence-corrected chi connectivity index (χ1v) is 7.02. The third-order valence-corrected chi connectivity index (χ3v) is 3.11. The molecule has 0 saturated heterocycles. The van der Waals surface area contributed by atoms with E-state index in [9.17, 15) is 18.0 Å². The van der Waals surface area contributed by atoms with E-state index in [1.165, 1.54) is 6.20 Å². The summed E-state index contributed by atoms with van der Waals surface area (Å²) in [5.41, 5.74) is 1.19. The topological polar surface area (TPSA) is 65.0 Å². The van der Waals surface area contributed by atoms with Crippen LogP contribution in [-0.4, -0.2) is 39.5 Å². The number of hydrogen-bond donors (Lipinski definition) is 0. The van der Waals surface area contributed by atoms with Crippen molar-refractivity contribution in [2.45, 2.75) is 11.3 Å². The van der Waals surface area contributed by atoms with Gasteiger partial charge < -0.3 is 4.74 Å². The van der Waals surface area contributed by atoms with Gasteiger partial charge in [0.2, 0.25) is 0 Å². The number of rotatable bonds is 5. The molecule has 0 amide bonds. The molecule has 2 rings (SSSR count). The SMILES string of the molecule is O=C(CSc1nccc(-c2ccccn2)n1)OCC(F)(F)F. The molecule has 0 radical (unpaired) electrons. The third kappa shape index (κ3) is 5.32. The maximum absolute atomic E-state index is 11.9. The van der Waals surface area contributed by atoms with Crippen molar-refractivity contribution < 1.29 is 22.7 Å². The second-order valence-electron chi connectivity index (χ2n) is 4.00. The molecule has 5 nitrogen and oxygen atoms in total. The summed E-state index contributed by atoms with van der Waals surface area (Å²) < 4.78 is 39.8. The number of nitrogens with zero attached hydrogens (tertiary/aromatic N) is 3. The minimum atomic E-state index is -4.53. The molecule has 0 aliphatic heterocycles. The van der Waals surface area contributed by atoms with Gasteiger partial charge in [-0.3, -0.25) is 9.78 Å². The van der Waals surface area contributed by atoms with Gasteiger partial charge >= 0.3 is 12.1 Å². The number of halogens is 3. The normalized spacial score (nSPS) is 11.2. The van der Waals surface area contributed by atoms with Gasteiger partial charge in [-0.2, -0.15) is 13.2 Å². The number of alkyl halides is 3. The molecule has 0 aliphatic rings. The lowest BCUT2D eigenvalue weighted by Gasteiger charge is -2.07. The van der Waals surface area contributed by atoms with Gasteiger partial charge in [-0.25, -0.2) is 9.97 Å². The first-order chi connectivity index (χ1) is 10.4. The van der Waals surface area contributed by atoms with E-state index >= 15 is 0 Å². The number of ether oxygens (including phenoxy) is 1. The summed E-state index contributed by atoms with van der Waals surface area (Å²) in [6, 6.07) is 6.96. The van der Waals surface area contributed by atoms with Gasteiger partial charge in [0, 0.05) is 12.4 Å². The van der Waals surface area contributed by atoms with Gasteiger partial charge in [-0.1, -0.05) is 17.8 Å². The average molecular weight is 329 g/mol. The Morgan fingerprint density at radius 3 is 2.64 bits per heavy atom. The fourth-order valence-electron chi connectivity index (χ4n) is 1.39. The third-order valence-electron chi connectivity index (χ3n) is 2.28. The molecule has 9 heteroatoms. The van der Waals surface area contributed by atoms with Crippen molar-refractivity contribution in [1.29, 1.82) is 0 Å². The van der Waals surface area contributed by atoms with Crippen LogP contribution >= 0.6 is 11.8 Å². The quantitative estimate of drug-likeness (QED) is 0.477. The van der Waals surface area contributed by atoms with Crippen LogP contribution in [0.4, 0.5) is 13.2 Å². The second kappa shape index (κ2) is 7.21. The molecular formula is C13H10F3N3O2S. The van der Waals surface area contributed by atoms with E-state index in [0.717, 1.165) is 11.8 Å². The van der Waals surface area contributed by atoms with E-state index in [0.29, 0.717) is 11.4 Å². The van der Waals surface area contributed by atoms with Crippen molar-refractivity contribution in [3.05, 3.63) is 36.7 Å². The Bertz CT molecular complexity index is 638. The lowest BCUT2D eigenvalue weighted by Crippen LogP contribution is -2.21. The standard InChI is InChI=1S/C13H10F3N3O2S/c14-13(15,16)8-21-11(20)7-22-12-18-6-4-10(19-12)9-3-1-2-5-17-9/h1-6H,7-8H2. The van der Waals surface area contributed by atoms with Gasteiger partial charge in [0.25, 0.3) is 0 Å². The molecule has 116 valence electrons. The summed E-state index contributed by atoms with van der Waals surface area (Å²) in [6.07, 6.45) is -1.44. The Balaban J connectivity index is 1.93. The van der Waals surface area contributed by atoms with Crippen molar-refractivity contribution in [2.75, 3.05) is 12.4 Å². The summed E-state index contributed by atoms with van der Waals surface area (Å²) in [5.74, 6) is -1.28. The molecule has 22 heavy (non-hydrogen) atoms. The Labute approximate surface area is 128 Å². The zero-order chi connectivity index (χ0) is 16.0. The lowest BCUT2D eigenvalue weighted by atomic mass is 10.3. The molecule has 2 aromatic heterocycles. The average Bonchev–Trinajstić information content (AvgIpc) is 2.51. The van der Waals surface area contributed by atoms with Gasteiger partial charge in [0.05, 0.1) is 17.1 Å². The van der Waals surface area contributed by atoms with Crippen LogP contribution in [0.3, 0.4) is 0 Å². The molecule has 0 aromatic carbocycles. The number of esters is 1. The van der Waals surface area contributed by atoms with Crippen LogP contribution in [-0.2, 0) is 9.53 Å². The fourth-order valence-corrected chi connectivity index (χ4v) is 2.02. The van der Waals surface area contributed by atoms with E-state index in [-0.39, 0.29) is 10.9 Å². The molecule has 0 atom stereocenters. The number of thioether (sulfide) groups is 1. The van der Waals surface area contributed by atoms with Crippen LogP contribution in [0.5, 0.6) is 0 Å². The predicted molar refractivity (Wildman–Crippen MR) is 73.0 cm³/mol. The maximum Gasteiger partial charge on any atom is 0.422 e. The Hall–Kier alpha value is -2.16. The lowest BCUT2D eigenvalue weighted by molar-refractivity contribution is -0.184. The maximum atomic E-state index is 11.9. The van der Waals surface area contributed by atoms with Crippen LogP contribution in [0.15, 0.2) is 41.8 Å². The highest BCUT2D eigenvalue weighted by Gasteiger charge is 2.29. The summed E-state index contributed by atoms with van der Waals surface area (Å²) in [4.78, 5) is 23.5. The fraction of sp³-hybridized carbons (Fsp3) is 0.231. The number of carbonyl (C=O) groups excluding carboxylic acids is 1. The van der Waals surface area contributed by atoms with E-state index in [1.54, 1.807) is 30.5 Å². The Morgan fingerprint density at radius 2 is 1.95 bits per heavy atom. The predicted octanol–water partition coefficient (Wildman–Crippen LogP) is 2.74. The first-order valence-electron chi connectivity index (χ1n) is 6.04. The summed E-state index contributed by atoms with van der Waals surface area (Å²) in [7, 11) is 0. The van der Waals surface area contributed by atoms with Crippen molar-refractivity contribution in [3.63, 3.8) is 0 Å². The van der Waals surface area contributed by atoms with E-state index < -0.39 is 18.8 Å².